The molecule has 29 heavy (non-hydrogen) atoms. The van der Waals surface area contributed by atoms with E-state index in [-0.39, 0.29) is 5.91 Å². The van der Waals surface area contributed by atoms with Gasteiger partial charge < -0.3 is 10.6 Å². The van der Waals surface area contributed by atoms with E-state index < -0.39 is 0 Å². The lowest BCUT2D eigenvalue weighted by Gasteiger charge is -2.21. The van der Waals surface area contributed by atoms with E-state index in [0.717, 1.165) is 27.5 Å². The summed E-state index contributed by atoms with van der Waals surface area (Å²) in [6.07, 6.45) is 8.70. The minimum atomic E-state index is -0.0793. The number of hydrogen-bond donors (Lipinski definition) is 1. The third kappa shape index (κ3) is 3.25. The van der Waals surface area contributed by atoms with E-state index in [2.05, 4.69) is 21.0 Å². The Morgan fingerprint density at radius 3 is 2.76 bits per heavy atom. The second-order valence-electron chi connectivity index (χ2n) is 6.76. The van der Waals surface area contributed by atoms with Gasteiger partial charge in [-0.25, -0.2) is 4.98 Å². The maximum absolute atomic E-state index is 13.2. The van der Waals surface area contributed by atoms with Crippen molar-refractivity contribution in [3.05, 3.63) is 59.5 Å². The van der Waals surface area contributed by atoms with Gasteiger partial charge in [0.05, 0.1) is 34.9 Å². The molecule has 3 aromatic heterocycles. The molecule has 0 aliphatic rings. The molecular weight excluding hydrogens is 364 g/mol. The number of pyridine rings is 2. The van der Waals surface area contributed by atoms with Gasteiger partial charge in [-0.1, -0.05) is 5.92 Å². The zero-order chi connectivity index (χ0) is 20.5. The van der Waals surface area contributed by atoms with E-state index >= 15 is 0 Å². The molecule has 144 valence electrons. The molecule has 0 unspecified atom stereocenters. The zero-order valence-corrected chi connectivity index (χ0v) is 16.3. The molecule has 0 fully saturated rings. The molecule has 1 aromatic carbocycles. The molecule has 2 N–H and O–H groups in total. The van der Waals surface area contributed by atoms with Crippen LogP contribution < -0.4 is 5.73 Å². The normalized spacial score (nSPS) is 10.9. The van der Waals surface area contributed by atoms with E-state index in [0.29, 0.717) is 30.0 Å². The monoisotopic (exact) mass is 384 g/mol. The number of nitrogen functional groups attached to an aromatic ring is 1. The Balaban J connectivity index is 1.71. The average molecular weight is 384 g/mol. The average Bonchev–Trinajstić information content (AvgIpc) is 3.14. The smallest absolute Gasteiger partial charge is 0.254 e. The standard InChI is InChI=1S/C22H20N6O/c1-4-14-6-8-16(24-11-14)13-28(5-2)22(29)15-7-9-19-17(10-15)20-18(21(23)26-19)12-25-27(20)3/h1,6-12H,5,13H2,2-3H3,(H2,23,26). The highest BCUT2D eigenvalue weighted by Crippen LogP contribution is 2.28. The first-order chi connectivity index (χ1) is 14.0. The highest BCUT2D eigenvalue weighted by atomic mass is 16.2. The first-order valence-electron chi connectivity index (χ1n) is 9.23. The van der Waals surface area contributed by atoms with Crippen molar-refractivity contribution in [3.63, 3.8) is 0 Å². The van der Waals surface area contributed by atoms with E-state index in [1.54, 1.807) is 28.0 Å². The summed E-state index contributed by atoms with van der Waals surface area (Å²) in [5.74, 6) is 2.89. The van der Waals surface area contributed by atoms with E-state index in [4.69, 9.17) is 12.2 Å². The molecule has 4 rings (SSSR count). The molecule has 0 atom stereocenters. The highest BCUT2D eigenvalue weighted by molar-refractivity contribution is 6.10. The number of hydrogen-bond acceptors (Lipinski definition) is 5. The lowest BCUT2D eigenvalue weighted by atomic mass is 10.1. The number of benzene rings is 1. The van der Waals surface area contributed by atoms with Crippen LogP contribution in [-0.4, -0.2) is 37.1 Å². The molecule has 0 bridgehead atoms. The summed E-state index contributed by atoms with van der Waals surface area (Å²) in [6.45, 7) is 2.90. The number of anilines is 1. The molecule has 0 radical (unpaired) electrons. The van der Waals surface area contributed by atoms with Gasteiger partial charge in [-0.2, -0.15) is 5.10 Å². The van der Waals surface area contributed by atoms with Crippen LogP contribution in [-0.2, 0) is 13.6 Å². The van der Waals surface area contributed by atoms with Crippen molar-refractivity contribution < 1.29 is 4.79 Å². The van der Waals surface area contributed by atoms with Crippen molar-refractivity contribution in [1.29, 1.82) is 0 Å². The molecular formula is C22H20N6O. The van der Waals surface area contributed by atoms with E-state index in [9.17, 15) is 4.79 Å². The van der Waals surface area contributed by atoms with Gasteiger partial charge in [-0.3, -0.25) is 14.5 Å². The Kier molecular flexibility index (Phi) is 4.61. The maximum Gasteiger partial charge on any atom is 0.254 e. The Morgan fingerprint density at radius 2 is 2.07 bits per heavy atom. The molecule has 1 amide bonds. The summed E-state index contributed by atoms with van der Waals surface area (Å²) in [6, 6.07) is 9.12. The minimum absolute atomic E-state index is 0.0793. The van der Waals surface area contributed by atoms with Crippen molar-refractivity contribution in [1.82, 2.24) is 24.6 Å². The summed E-state index contributed by atoms with van der Waals surface area (Å²) in [5.41, 5.74) is 9.71. The van der Waals surface area contributed by atoms with Gasteiger partial charge in [0.2, 0.25) is 0 Å². The fraction of sp³-hybridized carbons (Fsp3) is 0.182. The minimum Gasteiger partial charge on any atom is -0.383 e. The molecule has 3 heterocycles. The predicted octanol–water partition coefficient (Wildman–Crippen LogP) is 2.74. The number of carbonyl (C=O) groups is 1. The molecule has 0 aliphatic heterocycles. The van der Waals surface area contributed by atoms with E-state index in [1.165, 1.54) is 0 Å². The topological polar surface area (TPSA) is 89.9 Å². The van der Waals surface area contributed by atoms with Gasteiger partial charge in [-0.05, 0) is 37.3 Å². The van der Waals surface area contributed by atoms with Gasteiger partial charge >= 0.3 is 0 Å². The van der Waals surface area contributed by atoms with Crippen LogP contribution in [0.2, 0.25) is 0 Å². The second kappa shape index (κ2) is 7.24. The number of nitrogens with two attached hydrogens (primary N) is 1. The van der Waals surface area contributed by atoms with Gasteiger partial charge in [0.25, 0.3) is 5.91 Å². The number of rotatable bonds is 4. The fourth-order valence-corrected chi connectivity index (χ4v) is 3.40. The summed E-state index contributed by atoms with van der Waals surface area (Å²) in [5, 5.41) is 5.89. The van der Waals surface area contributed by atoms with Crippen LogP contribution in [0.25, 0.3) is 21.8 Å². The predicted molar refractivity (Wildman–Crippen MR) is 113 cm³/mol. The lowest BCUT2D eigenvalue weighted by molar-refractivity contribution is 0.0751. The number of fused-ring (bicyclic) bond motifs is 3. The molecule has 7 heteroatoms. The zero-order valence-electron chi connectivity index (χ0n) is 16.3. The number of aryl methyl sites for hydroxylation is 1. The number of amides is 1. The molecule has 0 aliphatic carbocycles. The molecule has 0 saturated heterocycles. The number of terminal acetylenes is 1. The Bertz CT molecular complexity index is 1270. The van der Waals surface area contributed by atoms with Crippen LogP contribution >= 0.6 is 0 Å². The molecule has 0 saturated carbocycles. The van der Waals surface area contributed by atoms with Crippen LogP contribution in [0.4, 0.5) is 5.82 Å². The van der Waals surface area contributed by atoms with Crippen molar-refractivity contribution in [2.75, 3.05) is 12.3 Å². The quantitative estimate of drug-likeness (QED) is 0.547. The Hall–Kier alpha value is -3.92. The molecule has 4 aromatic rings. The highest BCUT2D eigenvalue weighted by Gasteiger charge is 2.18. The largest absolute Gasteiger partial charge is 0.383 e. The second-order valence-corrected chi connectivity index (χ2v) is 6.76. The summed E-state index contributed by atoms with van der Waals surface area (Å²) in [7, 11) is 1.85. The van der Waals surface area contributed by atoms with Crippen LogP contribution in [0.15, 0.2) is 42.7 Å². The third-order valence-corrected chi connectivity index (χ3v) is 4.97. The molecule has 0 spiro atoms. The first-order valence-corrected chi connectivity index (χ1v) is 9.23. The SMILES string of the molecule is C#Cc1ccc(CN(CC)C(=O)c2ccc3nc(N)c4cnn(C)c4c3c2)nc1. The van der Waals surface area contributed by atoms with Gasteiger partial charge in [0, 0.05) is 36.3 Å². The fourth-order valence-electron chi connectivity index (χ4n) is 3.40. The third-order valence-electron chi connectivity index (χ3n) is 4.97. The van der Waals surface area contributed by atoms with E-state index in [1.807, 2.05) is 38.2 Å². The van der Waals surface area contributed by atoms with Crippen molar-refractivity contribution in [2.45, 2.75) is 13.5 Å². The number of nitrogens with zero attached hydrogens (tertiary/aromatic N) is 5. The first kappa shape index (κ1) is 18.4. The maximum atomic E-state index is 13.2. The van der Waals surface area contributed by atoms with Crippen molar-refractivity contribution in [3.8, 4) is 12.3 Å². The van der Waals surface area contributed by atoms with Crippen LogP contribution in [0.3, 0.4) is 0 Å². The summed E-state index contributed by atoms with van der Waals surface area (Å²) < 4.78 is 1.75. The van der Waals surface area contributed by atoms with Gasteiger partial charge in [0.1, 0.15) is 5.82 Å². The van der Waals surface area contributed by atoms with Crippen LogP contribution in [0.1, 0.15) is 28.5 Å². The van der Waals surface area contributed by atoms with Crippen LogP contribution in [0.5, 0.6) is 0 Å². The number of carbonyl (C=O) groups excluding carboxylic acids is 1. The van der Waals surface area contributed by atoms with Gasteiger partial charge in [0.15, 0.2) is 0 Å². The van der Waals surface area contributed by atoms with Crippen molar-refractivity contribution in [2.24, 2.45) is 7.05 Å². The van der Waals surface area contributed by atoms with Gasteiger partial charge in [-0.15, -0.1) is 6.42 Å². The lowest BCUT2D eigenvalue weighted by Crippen LogP contribution is -2.30. The number of aromatic nitrogens is 4. The van der Waals surface area contributed by atoms with Crippen molar-refractivity contribution >= 4 is 33.5 Å². The Morgan fingerprint density at radius 1 is 1.24 bits per heavy atom. The van der Waals surface area contributed by atoms with Crippen LogP contribution in [0, 0.1) is 12.3 Å². The molecule has 7 nitrogen and oxygen atoms in total. The summed E-state index contributed by atoms with van der Waals surface area (Å²) in [4.78, 5) is 23.7. The Labute approximate surface area is 168 Å². The summed E-state index contributed by atoms with van der Waals surface area (Å²) >= 11 is 0.